The zero-order chi connectivity index (χ0) is 25.3. The van der Waals surface area contributed by atoms with E-state index < -0.39 is 8.32 Å². The second-order valence-electron chi connectivity index (χ2n) is 14.6. The number of rotatable bonds is 5. The molecule has 6 rings (SSSR count). The van der Waals surface area contributed by atoms with Crippen molar-refractivity contribution in [2.75, 3.05) is 0 Å². The number of hydrogen-bond acceptors (Lipinski definition) is 2. The van der Waals surface area contributed by atoms with Gasteiger partial charge in [0.1, 0.15) is 11.5 Å². The number of Topliss-reactive ketones (excluding diaryl/α,β-unsaturated/α-hetero) is 1. The van der Waals surface area contributed by atoms with Crippen LogP contribution < -0.4 is 4.43 Å². The molecule has 0 unspecified atom stereocenters. The number of aryl methyl sites for hydroxylation is 1. The van der Waals surface area contributed by atoms with Gasteiger partial charge >= 0.3 is 0 Å². The van der Waals surface area contributed by atoms with Crippen LogP contribution in [0.4, 0.5) is 0 Å². The molecule has 3 heteroatoms. The van der Waals surface area contributed by atoms with Crippen molar-refractivity contribution in [2.45, 2.75) is 122 Å². The molecule has 5 saturated carbocycles. The molecule has 0 N–H and O–H groups in total. The maximum absolute atomic E-state index is 12.7. The van der Waals surface area contributed by atoms with Gasteiger partial charge in [-0.1, -0.05) is 39.0 Å². The minimum absolute atomic E-state index is 0.130. The fourth-order valence-corrected chi connectivity index (χ4v) is 9.45. The van der Waals surface area contributed by atoms with Crippen molar-refractivity contribution in [1.82, 2.24) is 0 Å². The highest BCUT2D eigenvalue weighted by molar-refractivity contribution is 6.74. The molecule has 1 aromatic rings. The lowest BCUT2D eigenvalue weighted by Crippen LogP contribution is -2.48. The van der Waals surface area contributed by atoms with Gasteiger partial charge in [0.15, 0.2) is 0 Å². The first-order valence-corrected chi connectivity index (χ1v) is 17.2. The van der Waals surface area contributed by atoms with E-state index in [-0.39, 0.29) is 11.0 Å². The molecule has 0 spiro atoms. The Hall–Kier alpha value is -1.35. The van der Waals surface area contributed by atoms with Crippen molar-refractivity contribution < 1.29 is 9.22 Å². The highest BCUT2D eigenvalue weighted by atomic mass is 28.4. The van der Waals surface area contributed by atoms with Gasteiger partial charge in [0, 0.05) is 18.8 Å². The molecule has 5 fully saturated rings. The van der Waals surface area contributed by atoms with Crippen LogP contribution in [0, 0.1) is 30.6 Å². The third-order valence-electron chi connectivity index (χ3n) is 10.8. The summed E-state index contributed by atoms with van der Waals surface area (Å²) in [6, 6.07) is 5.00. The van der Waals surface area contributed by atoms with E-state index in [2.05, 4.69) is 66.4 Å². The summed E-state index contributed by atoms with van der Waals surface area (Å²) in [5.41, 5.74) is 5.76. The van der Waals surface area contributed by atoms with E-state index in [0.29, 0.717) is 30.0 Å². The summed E-state index contributed by atoms with van der Waals surface area (Å²) >= 11 is 0. The summed E-state index contributed by atoms with van der Waals surface area (Å²) in [7, 11) is -2.05. The van der Waals surface area contributed by atoms with E-state index in [1.54, 1.807) is 5.56 Å². The van der Waals surface area contributed by atoms with Gasteiger partial charge in [-0.05, 0) is 129 Å². The van der Waals surface area contributed by atoms with Gasteiger partial charge in [0.05, 0.1) is 0 Å². The van der Waals surface area contributed by atoms with Crippen LogP contribution >= 0.6 is 0 Å². The van der Waals surface area contributed by atoms with E-state index >= 15 is 0 Å². The minimum atomic E-state index is -2.05. The zero-order valence-electron chi connectivity index (χ0n) is 23.4. The molecule has 0 aliphatic heterocycles. The molecular formula is C32H48O2Si. The highest BCUT2D eigenvalue weighted by Gasteiger charge is 2.52. The second-order valence-corrected chi connectivity index (χ2v) is 19.3. The highest BCUT2D eigenvalue weighted by Crippen LogP contribution is 2.61. The molecule has 0 saturated heterocycles. The summed E-state index contributed by atoms with van der Waals surface area (Å²) in [4.78, 5) is 12.7. The quantitative estimate of drug-likeness (QED) is 0.303. The molecule has 0 aromatic heterocycles. The topological polar surface area (TPSA) is 26.3 Å². The van der Waals surface area contributed by atoms with Gasteiger partial charge in [0.2, 0.25) is 8.32 Å². The average molecular weight is 493 g/mol. The normalized spacial score (nSPS) is 34.8. The fraction of sp³-hybridized carbons (Fsp3) is 0.719. The predicted octanol–water partition coefficient (Wildman–Crippen LogP) is 8.88. The van der Waals surface area contributed by atoms with Crippen LogP contribution in [0.2, 0.25) is 18.1 Å². The molecule has 35 heavy (non-hydrogen) atoms. The predicted molar refractivity (Wildman–Crippen MR) is 149 cm³/mol. The first kappa shape index (κ1) is 25.3. The van der Waals surface area contributed by atoms with E-state index in [4.69, 9.17) is 4.43 Å². The van der Waals surface area contributed by atoms with Crippen LogP contribution in [0.3, 0.4) is 0 Å². The maximum atomic E-state index is 12.7. The van der Waals surface area contributed by atoms with E-state index in [0.717, 1.165) is 29.9 Å². The van der Waals surface area contributed by atoms with Gasteiger partial charge in [-0.3, -0.25) is 4.79 Å². The standard InChI is InChI=1S/C32H48O2Si/c1-20(2)27-10-9-26(33)16-28(27)30-21(3)11-25(15-29(30)34-35(7,8)31(4,5)6)32-17-22-12-23(18-32)14-24(13-22)19-32/h11,15,22-24,27-28H,1,9-10,12-14,16-19H2,2-8H3/t22?,23?,24?,27-,28+,32?/m0/s1. The van der Waals surface area contributed by atoms with Gasteiger partial charge in [0.25, 0.3) is 0 Å². The van der Waals surface area contributed by atoms with Crippen LogP contribution in [0.5, 0.6) is 5.75 Å². The lowest BCUT2D eigenvalue weighted by atomic mass is 9.48. The molecule has 192 valence electrons. The molecule has 0 heterocycles. The number of allylic oxidation sites excluding steroid dienone is 1. The van der Waals surface area contributed by atoms with Gasteiger partial charge < -0.3 is 4.43 Å². The number of carbonyl (C=O) groups is 1. The van der Waals surface area contributed by atoms with E-state index in [1.165, 1.54) is 55.2 Å². The lowest BCUT2D eigenvalue weighted by molar-refractivity contribution is -0.121. The molecule has 0 amide bonds. The van der Waals surface area contributed by atoms with Crippen LogP contribution in [0.25, 0.3) is 0 Å². The van der Waals surface area contributed by atoms with Gasteiger partial charge in [-0.15, -0.1) is 0 Å². The first-order valence-electron chi connectivity index (χ1n) is 14.3. The Labute approximate surface area is 215 Å². The lowest BCUT2D eigenvalue weighted by Gasteiger charge is -2.57. The number of ketones is 1. The molecule has 2 atom stereocenters. The third kappa shape index (κ3) is 4.49. The third-order valence-corrected chi connectivity index (χ3v) is 15.2. The Morgan fingerprint density at radius 1 is 1.06 bits per heavy atom. The van der Waals surface area contributed by atoms with Gasteiger partial charge in [-0.25, -0.2) is 0 Å². The molecule has 2 nitrogen and oxygen atoms in total. The van der Waals surface area contributed by atoms with Crippen molar-refractivity contribution in [2.24, 2.45) is 23.7 Å². The van der Waals surface area contributed by atoms with E-state index in [1.807, 2.05) is 0 Å². The molecule has 1 aromatic carbocycles. The van der Waals surface area contributed by atoms with E-state index in [9.17, 15) is 4.79 Å². The fourth-order valence-electron chi connectivity index (χ4n) is 8.42. The molecule has 4 bridgehead atoms. The summed E-state index contributed by atoms with van der Waals surface area (Å²) < 4.78 is 7.20. The zero-order valence-corrected chi connectivity index (χ0v) is 24.4. The van der Waals surface area contributed by atoms with Crippen LogP contribution in [-0.4, -0.2) is 14.1 Å². The van der Waals surface area contributed by atoms with Crippen LogP contribution in [0.1, 0.15) is 108 Å². The summed E-state index contributed by atoms with van der Waals surface area (Å²) in [5.74, 6) is 4.83. The number of carbonyl (C=O) groups excluding carboxylic acids is 1. The van der Waals surface area contributed by atoms with Crippen molar-refractivity contribution in [1.29, 1.82) is 0 Å². The Balaban J connectivity index is 1.63. The summed E-state index contributed by atoms with van der Waals surface area (Å²) in [6.45, 7) is 20.5. The van der Waals surface area contributed by atoms with Crippen LogP contribution in [0.15, 0.2) is 24.3 Å². The Kier molecular flexibility index (Phi) is 6.22. The smallest absolute Gasteiger partial charge is 0.250 e. The summed E-state index contributed by atoms with van der Waals surface area (Å²) in [6.07, 6.45) is 10.7. The Bertz CT molecular complexity index is 991. The number of hydrogen-bond donors (Lipinski definition) is 0. The SMILES string of the molecule is C=C(C)[C@@H]1CCC(=O)C[C@H]1c1c(C)cc(C23CC4CC(CC(C4)C2)C3)cc1O[Si](C)(C)C(C)(C)C. The van der Waals surface area contributed by atoms with Gasteiger partial charge in [-0.2, -0.15) is 0 Å². The minimum Gasteiger partial charge on any atom is -0.543 e. The van der Waals surface area contributed by atoms with Crippen molar-refractivity contribution in [3.05, 3.63) is 41.0 Å². The summed E-state index contributed by atoms with van der Waals surface area (Å²) in [5, 5.41) is 0.130. The molecule has 5 aliphatic carbocycles. The van der Waals surface area contributed by atoms with Crippen molar-refractivity contribution in [3.63, 3.8) is 0 Å². The van der Waals surface area contributed by atoms with Crippen molar-refractivity contribution >= 4 is 14.1 Å². The molecule has 5 aliphatic rings. The largest absolute Gasteiger partial charge is 0.543 e. The van der Waals surface area contributed by atoms with Crippen molar-refractivity contribution in [3.8, 4) is 5.75 Å². The monoisotopic (exact) mass is 492 g/mol. The second kappa shape index (κ2) is 8.60. The first-order chi connectivity index (χ1) is 16.3. The molecule has 0 radical (unpaired) electrons. The average Bonchev–Trinajstić information content (AvgIpc) is 2.71. The Morgan fingerprint density at radius 2 is 1.63 bits per heavy atom. The Morgan fingerprint density at radius 3 is 2.14 bits per heavy atom. The number of benzene rings is 1. The maximum Gasteiger partial charge on any atom is 0.250 e. The van der Waals surface area contributed by atoms with Crippen LogP contribution in [-0.2, 0) is 10.2 Å². The molecular weight excluding hydrogens is 444 g/mol.